The van der Waals surface area contributed by atoms with Crippen LogP contribution in [0.2, 0.25) is 0 Å². The lowest BCUT2D eigenvalue weighted by molar-refractivity contribution is -0.110. The Morgan fingerprint density at radius 3 is 2.04 bits per heavy atom. The molecule has 4 heteroatoms. The Kier molecular flexibility index (Phi) is 3.13. The van der Waals surface area contributed by atoms with Crippen LogP contribution in [-0.4, -0.2) is 14.0 Å². The van der Waals surface area contributed by atoms with Crippen LogP contribution in [0.15, 0.2) is 29.2 Å². The highest BCUT2D eigenvalue weighted by Crippen LogP contribution is 2.66. The second-order valence-electron chi connectivity index (χ2n) is 9.33. The van der Waals surface area contributed by atoms with Gasteiger partial charge in [0.05, 0.1) is 4.90 Å². The van der Waals surface area contributed by atoms with Gasteiger partial charge in [0.25, 0.3) is 0 Å². The van der Waals surface area contributed by atoms with Crippen molar-refractivity contribution in [3.8, 4) is 0 Å². The molecular formula is C19H27NO2S. The molecule has 3 nitrogen and oxygen atoms in total. The van der Waals surface area contributed by atoms with Crippen molar-refractivity contribution in [2.75, 3.05) is 0 Å². The summed E-state index contributed by atoms with van der Waals surface area (Å²) in [6.07, 6.45) is 6.81. The van der Waals surface area contributed by atoms with Crippen LogP contribution in [0.1, 0.15) is 57.9 Å². The van der Waals surface area contributed by atoms with Gasteiger partial charge in [-0.1, -0.05) is 31.5 Å². The third-order valence-electron chi connectivity index (χ3n) is 6.31. The largest absolute Gasteiger partial charge is 0.241 e. The molecule has 4 aliphatic carbocycles. The molecule has 5 rings (SSSR count). The number of sulfonamides is 1. The summed E-state index contributed by atoms with van der Waals surface area (Å²) in [4.78, 5) is 0.397. The highest BCUT2D eigenvalue weighted by atomic mass is 32.2. The standard InChI is InChI=1S/C19H27NO2S/c1-14-4-6-16(7-5-14)23(21,22)20-19-10-15-8-17(2,12-19)11-18(3,9-15)13-19/h4-7,15,20H,8-13H2,1-3H3/t15?,17-,18-,19?/m0/s1. The molecule has 4 aliphatic rings. The zero-order valence-corrected chi connectivity index (χ0v) is 15.2. The first-order valence-corrected chi connectivity index (χ1v) is 10.2. The van der Waals surface area contributed by atoms with Crippen molar-refractivity contribution in [3.05, 3.63) is 29.8 Å². The lowest BCUT2D eigenvalue weighted by Crippen LogP contribution is -2.65. The van der Waals surface area contributed by atoms with Crippen molar-refractivity contribution in [2.45, 2.75) is 69.7 Å². The maximum Gasteiger partial charge on any atom is 0.241 e. The molecule has 0 amide bonds. The lowest BCUT2D eigenvalue weighted by atomic mass is 9.43. The van der Waals surface area contributed by atoms with E-state index in [1.807, 2.05) is 19.1 Å². The summed E-state index contributed by atoms with van der Waals surface area (Å²) in [7, 11) is -3.44. The molecule has 0 unspecified atom stereocenters. The monoisotopic (exact) mass is 333 g/mol. The molecule has 0 heterocycles. The Bertz CT molecular complexity index is 719. The van der Waals surface area contributed by atoms with Gasteiger partial charge in [-0.05, 0) is 74.3 Å². The third-order valence-corrected chi connectivity index (χ3v) is 7.90. The molecule has 23 heavy (non-hydrogen) atoms. The molecule has 1 N–H and O–H groups in total. The summed E-state index contributed by atoms with van der Waals surface area (Å²) in [5, 5.41) is 0. The van der Waals surface area contributed by atoms with Gasteiger partial charge in [-0.2, -0.15) is 0 Å². The molecule has 4 bridgehead atoms. The minimum absolute atomic E-state index is 0.230. The van der Waals surface area contributed by atoms with Crippen molar-refractivity contribution in [1.29, 1.82) is 0 Å². The van der Waals surface area contributed by atoms with Crippen LogP contribution in [0.25, 0.3) is 0 Å². The summed E-state index contributed by atoms with van der Waals surface area (Å²) in [6.45, 7) is 6.71. The summed E-state index contributed by atoms with van der Waals surface area (Å²) in [6, 6.07) is 7.19. The first-order chi connectivity index (χ1) is 10.6. The second kappa shape index (κ2) is 4.60. The van der Waals surface area contributed by atoms with Crippen LogP contribution in [0.4, 0.5) is 0 Å². The zero-order chi connectivity index (χ0) is 16.5. The highest BCUT2D eigenvalue weighted by Gasteiger charge is 2.61. The average Bonchev–Trinajstić information content (AvgIpc) is 2.33. The first kappa shape index (κ1) is 15.6. The van der Waals surface area contributed by atoms with E-state index in [1.54, 1.807) is 12.1 Å². The molecule has 0 aromatic heterocycles. The number of benzene rings is 1. The smallest absolute Gasteiger partial charge is 0.207 e. The fourth-order valence-corrected chi connectivity index (χ4v) is 8.03. The van der Waals surface area contributed by atoms with Crippen molar-refractivity contribution in [2.24, 2.45) is 16.7 Å². The second-order valence-corrected chi connectivity index (χ2v) is 11.0. The van der Waals surface area contributed by atoms with Gasteiger partial charge in [0.15, 0.2) is 0 Å². The molecular weight excluding hydrogens is 306 g/mol. The molecule has 0 saturated heterocycles. The predicted octanol–water partition coefficient (Wildman–Crippen LogP) is 4.02. The minimum Gasteiger partial charge on any atom is -0.207 e. The van der Waals surface area contributed by atoms with Crippen molar-refractivity contribution >= 4 is 10.0 Å². The normalized spacial score (nSPS) is 42.1. The van der Waals surface area contributed by atoms with Gasteiger partial charge in [0.1, 0.15) is 0 Å². The molecule has 2 atom stereocenters. The third kappa shape index (κ3) is 2.64. The van der Waals surface area contributed by atoms with Gasteiger partial charge in [-0.25, -0.2) is 13.1 Å². The number of aryl methyl sites for hydroxylation is 1. The summed E-state index contributed by atoms with van der Waals surface area (Å²) < 4.78 is 29.0. The Morgan fingerprint density at radius 2 is 1.52 bits per heavy atom. The summed E-state index contributed by atoms with van der Waals surface area (Å²) in [5.74, 6) is 0.682. The van der Waals surface area contributed by atoms with E-state index in [0.717, 1.165) is 24.8 Å². The quantitative estimate of drug-likeness (QED) is 0.908. The van der Waals surface area contributed by atoms with E-state index in [2.05, 4.69) is 18.6 Å². The minimum atomic E-state index is -3.44. The van der Waals surface area contributed by atoms with Gasteiger partial charge in [0, 0.05) is 5.54 Å². The van der Waals surface area contributed by atoms with E-state index in [4.69, 9.17) is 0 Å². The molecule has 4 saturated carbocycles. The predicted molar refractivity (Wildman–Crippen MR) is 91.6 cm³/mol. The van der Waals surface area contributed by atoms with Crippen molar-refractivity contribution in [3.63, 3.8) is 0 Å². The van der Waals surface area contributed by atoms with E-state index < -0.39 is 10.0 Å². The van der Waals surface area contributed by atoms with Gasteiger partial charge < -0.3 is 0 Å². The van der Waals surface area contributed by atoms with Crippen LogP contribution in [0.5, 0.6) is 0 Å². The topological polar surface area (TPSA) is 46.2 Å². The van der Waals surface area contributed by atoms with Crippen LogP contribution >= 0.6 is 0 Å². The Labute approximate surface area is 139 Å². The maximum absolute atomic E-state index is 12.9. The molecule has 1 aromatic rings. The Morgan fingerprint density at radius 1 is 0.957 bits per heavy atom. The van der Waals surface area contributed by atoms with Gasteiger partial charge in [-0.3, -0.25) is 0 Å². The molecule has 0 spiro atoms. The van der Waals surface area contributed by atoms with Gasteiger partial charge in [0.2, 0.25) is 10.0 Å². The lowest BCUT2D eigenvalue weighted by Gasteiger charge is -2.65. The molecule has 1 aromatic carbocycles. The maximum atomic E-state index is 12.9. The summed E-state index contributed by atoms with van der Waals surface area (Å²) >= 11 is 0. The SMILES string of the molecule is Cc1ccc(S(=O)(=O)NC23CC4C[C@](C)(C2)C[C@](C)(C4)C3)cc1. The van der Waals surface area contributed by atoms with E-state index in [9.17, 15) is 8.42 Å². The number of rotatable bonds is 3. The van der Waals surface area contributed by atoms with Crippen molar-refractivity contribution in [1.82, 2.24) is 4.72 Å². The van der Waals surface area contributed by atoms with Crippen molar-refractivity contribution < 1.29 is 8.42 Å². The summed E-state index contributed by atoms with van der Waals surface area (Å²) in [5.41, 5.74) is 1.47. The highest BCUT2D eigenvalue weighted by molar-refractivity contribution is 7.89. The molecule has 126 valence electrons. The Balaban J connectivity index is 1.67. The van der Waals surface area contributed by atoms with E-state index in [0.29, 0.717) is 21.6 Å². The number of hydrogen-bond acceptors (Lipinski definition) is 2. The van der Waals surface area contributed by atoms with Crippen LogP contribution in [0.3, 0.4) is 0 Å². The van der Waals surface area contributed by atoms with E-state index in [1.165, 1.54) is 19.3 Å². The zero-order valence-electron chi connectivity index (χ0n) is 14.4. The molecule has 4 fully saturated rings. The molecule has 0 aliphatic heterocycles. The van der Waals surface area contributed by atoms with Gasteiger partial charge in [-0.15, -0.1) is 0 Å². The van der Waals surface area contributed by atoms with Crippen LogP contribution < -0.4 is 4.72 Å². The van der Waals surface area contributed by atoms with Crippen LogP contribution in [-0.2, 0) is 10.0 Å². The van der Waals surface area contributed by atoms with Gasteiger partial charge >= 0.3 is 0 Å². The fraction of sp³-hybridized carbons (Fsp3) is 0.684. The number of nitrogens with one attached hydrogen (secondary N) is 1. The van der Waals surface area contributed by atoms with E-state index in [-0.39, 0.29) is 5.54 Å². The van der Waals surface area contributed by atoms with Crippen LogP contribution in [0, 0.1) is 23.7 Å². The first-order valence-electron chi connectivity index (χ1n) is 8.72. The fourth-order valence-electron chi connectivity index (χ4n) is 6.62. The molecule has 0 radical (unpaired) electrons. The number of hydrogen-bond donors (Lipinski definition) is 1. The van der Waals surface area contributed by atoms with E-state index >= 15 is 0 Å². The Hall–Kier alpha value is -0.870. The average molecular weight is 333 g/mol.